The topological polar surface area (TPSA) is 45.6 Å². The molecule has 0 bridgehead atoms. The van der Waals surface area contributed by atoms with Crippen LogP contribution in [0.2, 0.25) is 0 Å². The van der Waals surface area contributed by atoms with Gasteiger partial charge in [0.1, 0.15) is 24.3 Å². The van der Waals surface area contributed by atoms with E-state index < -0.39 is 0 Å². The molecule has 5 rings (SSSR count). The molecule has 0 saturated heterocycles. The molecule has 5 heteroatoms. The molecule has 4 nitrogen and oxygen atoms in total. The number of thiophene rings is 1. The third kappa shape index (κ3) is 3.13. The highest BCUT2D eigenvalue weighted by Crippen LogP contribution is 2.38. The first-order valence-electron chi connectivity index (χ1n) is 9.42. The van der Waals surface area contributed by atoms with Crippen molar-refractivity contribution in [2.75, 3.05) is 11.9 Å². The molecule has 0 aliphatic carbocycles. The Labute approximate surface area is 162 Å². The zero-order valence-corrected chi connectivity index (χ0v) is 15.8. The zero-order valence-electron chi connectivity index (χ0n) is 15.0. The van der Waals surface area contributed by atoms with Gasteiger partial charge >= 0.3 is 0 Å². The quantitative estimate of drug-likeness (QED) is 0.658. The van der Waals surface area contributed by atoms with Crippen molar-refractivity contribution in [3.05, 3.63) is 87.8 Å². The molecule has 2 atom stereocenters. The third-order valence-electron chi connectivity index (χ3n) is 5.44. The molecule has 3 heterocycles. The minimum Gasteiger partial charge on any atom is -0.353 e. The summed E-state index contributed by atoms with van der Waals surface area (Å²) in [5.41, 5.74) is 4.58. The number of fused-ring (bicyclic) bond motifs is 3. The zero-order chi connectivity index (χ0) is 18.2. The highest BCUT2D eigenvalue weighted by atomic mass is 32.1. The molecule has 3 N–H and O–H groups in total. The average Bonchev–Trinajstić information content (AvgIpc) is 3.07. The van der Waals surface area contributed by atoms with E-state index in [1.807, 2.05) is 30.3 Å². The normalized spacial score (nSPS) is 21.0. The number of carbonyl (C=O) groups is 1. The molecule has 2 aliphatic heterocycles. The molecular weight excluding hydrogens is 354 g/mol. The maximum absolute atomic E-state index is 12.8. The van der Waals surface area contributed by atoms with Crippen molar-refractivity contribution in [1.82, 2.24) is 5.32 Å². The van der Waals surface area contributed by atoms with Crippen LogP contribution < -0.4 is 15.5 Å². The van der Waals surface area contributed by atoms with Crippen molar-refractivity contribution in [1.29, 1.82) is 0 Å². The number of nitrogens with one attached hydrogen (secondary N) is 3. The van der Waals surface area contributed by atoms with E-state index in [-0.39, 0.29) is 12.1 Å². The van der Waals surface area contributed by atoms with Gasteiger partial charge in [0.2, 0.25) is 0 Å². The van der Waals surface area contributed by atoms with Crippen molar-refractivity contribution in [3.63, 3.8) is 0 Å². The monoisotopic (exact) mass is 376 g/mol. The molecule has 2 aromatic carbocycles. The Kier molecular flexibility index (Phi) is 4.19. The first-order chi connectivity index (χ1) is 13.3. The van der Waals surface area contributed by atoms with Gasteiger partial charge < -0.3 is 15.5 Å². The lowest BCUT2D eigenvalue weighted by molar-refractivity contribution is -0.929. The summed E-state index contributed by atoms with van der Waals surface area (Å²) in [6, 6.07) is 20.7. The Morgan fingerprint density at radius 2 is 1.74 bits per heavy atom. The highest BCUT2D eigenvalue weighted by molar-refractivity contribution is 7.16. The number of hydrogen-bond donors (Lipinski definition) is 3. The maximum Gasteiger partial charge on any atom is 0.256 e. The Hall–Kier alpha value is -2.63. The number of quaternary nitrogens is 1. The van der Waals surface area contributed by atoms with Crippen molar-refractivity contribution < 1.29 is 9.69 Å². The van der Waals surface area contributed by atoms with E-state index in [4.69, 9.17) is 0 Å². The molecule has 1 unspecified atom stereocenters. The molecule has 0 radical (unpaired) electrons. The average molecular weight is 377 g/mol. The standard InChI is InChI=1S/C22H21N3OS/c26-21-19-17-11-12-25(13-15-7-3-1-4-8-15)14-18(17)27-22(19)24-20(23-21)16-9-5-2-6-10-16/h1-10,20,24H,11-14H2,(H,23,26)/p+1/t20-/m1/s1. The van der Waals surface area contributed by atoms with E-state index >= 15 is 0 Å². The summed E-state index contributed by atoms with van der Waals surface area (Å²) in [6.45, 7) is 3.10. The van der Waals surface area contributed by atoms with Gasteiger partial charge in [0, 0.05) is 12.0 Å². The molecule has 0 fully saturated rings. The number of carbonyl (C=O) groups excluding carboxylic acids is 1. The number of benzene rings is 2. The van der Waals surface area contributed by atoms with Gasteiger partial charge in [-0.2, -0.15) is 0 Å². The molecule has 1 aromatic heterocycles. The fourth-order valence-corrected chi connectivity index (χ4v) is 5.44. The van der Waals surface area contributed by atoms with Gasteiger partial charge in [-0.1, -0.05) is 60.7 Å². The van der Waals surface area contributed by atoms with Gasteiger partial charge in [-0.25, -0.2) is 0 Å². The van der Waals surface area contributed by atoms with Crippen LogP contribution in [0.4, 0.5) is 5.00 Å². The third-order valence-corrected chi connectivity index (χ3v) is 6.60. The minimum absolute atomic E-state index is 0.0570. The van der Waals surface area contributed by atoms with Crippen LogP contribution in [-0.2, 0) is 19.5 Å². The van der Waals surface area contributed by atoms with E-state index in [0.717, 1.165) is 42.2 Å². The smallest absolute Gasteiger partial charge is 0.256 e. The van der Waals surface area contributed by atoms with E-state index in [1.165, 1.54) is 16.0 Å². The minimum atomic E-state index is -0.154. The fraction of sp³-hybridized carbons (Fsp3) is 0.227. The number of amides is 1. The second-order valence-corrected chi connectivity index (χ2v) is 8.36. The van der Waals surface area contributed by atoms with Crippen molar-refractivity contribution in [2.24, 2.45) is 0 Å². The van der Waals surface area contributed by atoms with Crippen LogP contribution in [0.1, 0.15) is 38.1 Å². The molecule has 136 valence electrons. The van der Waals surface area contributed by atoms with Crippen LogP contribution in [0.3, 0.4) is 0 Å². The lowest BCUT2D eigenvalue weighted by atomic mass is 10.00. The predicted molar refractivity (Wildman–Crippen MR) is 108 cm³/mol. The van der Waals surface area contributed by atoms with Crippen LogP contribution in [0.25, 0.3) is 0 Å². The summed E-state index contributed by atoms with van der Waals surface area (Å²) in [6.07, 6.45) is 0.813. The largest absolute Gasteiger partial charge is 0.353 e. The first-order valence-corrected chi connectivity index (χ1v) is 10.2. The van der Waals surface area contributed by atoms with Gasteiger partial charge in [-0.05, 0) is 11.1 Å². The molecule has 1 amide bonds. The van der Waals surface area contributed by atoms with Gasteiger partial charge in [0.15, 0.2) is 0 Å². The fourth-order valence-electron chi connectivity index (χ4n) is 4.10. The summed E-state index contributed by atoms with van der Waals surface area (Å²) >= 11 is 1.76. The van der Waals surface area contributed by atoms with Gasteiger partial charge in [-0.3, -0.25) is 4.79 Å². The van der Waals surface area contributed by atoms with Crippen molar-refractivity contribution in [3.8, 4) is 0 Å². The van der Waals surface area contributed by atoms with E-state index in [2.05, 4.69) is 41.0 Å². The molecule has 0 spiro atoms. The van der Waals surface area contributed by atoms with Crippen LogP contribution in [0.5, 0.6) is 0 Å². The summed E-state index contributed by atoms with van der Waals surface area (Å²) in [5.74, 6) is 0.0570. The Morgan fingerprint density at radius 1 is 1.00 bits per heavy atom. The summed E-state index contributed by atoms with van der Waals surface area (Å²) in [5, 5.41) is 7.70. The van der Waals surface area contributed by atoms with Crippen LogP contribution in [-0.4, -0.2) is 12.5 Å². The Morgan fingerprint density at radius 3 is 2.52 bits per heavy atom. The van der Waals surface area contributed by atoms with Crippen LogP contribution in [0, 0.1) is 0 Å². The number of hydrogen-bond acceptors (Lipinski definition) is 3. The lowest BCUT2D eigenvalue weighted by Crippen LogP contribution is -3.10. The second-order valence-electron chi connectivity index (χ2n) is 7.26. The van der Waals surface area contributed by atoms with Crippen molar-refractivity contribution in [2.45, 2.75) is 25.7 Å². The summed E-state index contributed by atoms with van der Waals surface area (Å²) in [7, 11) is 0. The molecule has 27 heavy (non-hydrogen) atoms. The van der Waals surface area contributed by atoms with Crippen LogP contribution in [0.15, 0.2) is 60.7 Å². The Balaban J connectivity index is 1.39. The molecular formula is C22H22N3OS+. The first kappa shape index (κ1) is 16.5. The molecule has 2 aliphatic rings. The van der Waals surface area contributed by atoms with Crippen LogP contribution >= 0.6 is 11.3 Å². The van der Waals surface area contributed by atoms with Gasteiger partial charge in [0.05, 0.1) is 17.0 Å². The summed E-state index contributed by atoms with van der Waals surface area (Å²) < 4.78 is 0. The van der Waals surface area contributed by atoms with Gasteiger partial charge in [-0.15, -0.1) is 11.3 Å². The SMILES string of the molecule is O=C1N[C@@H](c2ccccc2)Nc2sc3c(c21)CC[NH+](Cc1ccccc1)C3. The van der Waals surface area contributed by atoms with E-state index in [9.17, 15) is 4.79 Å². The number of rotatable bonds is 3. The van der Waals surface area contributed by atoms with E-state index in [0.29, 0.717) is 0 Å². The number of anilines is 1. The Bertz CT molecular complexity index is 968. The highest BCUT2D eigenvalue weighted by Gasteiger charge is 2.34. The molecule has 0 saturated carbocycles. The van der Waals surface area contributed by atoms with E-state index in [1.54, 1.807) is 16.2 Å². The summed E-state index contributed by atoms with van der Waals surface area (Å²) in [4.78, 5) is 15.7. The maximum atomic E-state index is 12.8. The van der Waals surface area contributed by atoms with Crippen molar-refractivity contribution >= 4 is 22.2 Å². The lowest BCUT2D eigenvalue weighted by Gasteiger charge is -2.27. The molecule has 3 aromatic rings. The predicted octanol–water partition coefficient (Wildman–Crippen LogP) is 2.74. The second kappa shape index (κ2) is 6.83. The van der Waals surface area contributed by atoms with Gasteiger partial charge in [0.25, 0.3) is 5.91 Å².